The number of aliphatic hydroxyl groups is 1. The molecule has 2 aromatic rings. The summed E-state index contributed by atoms with van der Waals surface area (Å²) < 4.78 is 10.7. The van der Waals surface area contributed by atoms with Gasteiger partial charge in [-0.3, -0.25) is 0 Å². The van der Waals surface area contributed by atoms with Crippen LogP contribution in [0.15, 0.2) is 30.3 Å². The van der Waals surface area contributed by atoms with E-state index in [0.29, 0.717) is 24.9 Å². The van der Waals surface area contributed by atoms with Crippen molar-refractivity contribution in [2.24, 2.45) is 0 Å². The molecule has 0 radical (unpaired) electrons. The Morgan fingerprint density at radius 3 is 2.85 bits per heavy atom. The Bertz CT molecular complexity index is 707. The molecule has 0 spiro atoms. The zero-order valence-electron chi connectivity index (χ0n) is 14.9. The predicted octanol–water partition coefficient (Wildman–Crippen LogP) is 1.15. The smallest absolute Gasteiger partial charge is 0.230 e. The van der Waals surface area contributed by atoms with E-state index in [1.165, 1.54) is 0 Å². The largest absolute Gasteiger partial charge is 0.481 e. The summed E-state index contributed by atoms with van der Waals surface area (Å²) in [5.41, 5.74) is 2.85. The minimum Gasteiger partial charge on any atom is -0.481 e. The molecule has 1 saturated heterocycles. The topological polar surface area (TPSA) is 91.8 Å². The monoisotopic (exact) mass is 359 g/mol. The summed E-state index contributed by atoms with van der Waals surface area (Å²) >= 11 is 0. The van der Waals surface area contributed by atoms with Crippen LogP contribution in [0.2, 0.25) is 0 Å². The lowest BCUT2D eigenvalue weighted by Gasteiger charge is -2.29. The number of aromatic nitrogens is 2. The second kappa shape index (κ2) is 9.33. The van der Waals surface area contributed by atoms with Gasteiger partial charge in [-0.05, 0) is 18.2 Å². The molecule has 1 fully saturated rings. The second-order valence-electron chi connectivity index (χ2n) is 5.90. The molecule has 1 aromatic heterocycles. The number of nitrogens with one attached hydrogen (secondary N) is 2. The van der Waals surface area contributed by atoms with Crippen LogP contribution in [0.25, 0.3) is 0 Å². The minimum atomic E-state index is 0.0850. The molecular formula is C18H25N5O3. The Morgan fingerprint density at radius 2 is 2.08 bits per heavy atom. The lowest BCUT2D eigenvalue weighted by Crippen LogP contribution is -2.36. The molecule has 3 rings (SSSR count). The summed E-state index contributed by atoms with van der Waals surface area (Å²) in [6, 6.07) is 9.94. The van der Waals surface area contributed by atoms with Crippen molar-refractivity contribution in [3.63, 3.8) is 0 Å². The first-order valence-electron chi connectivity index (χ1n) is 8.72. The molecule has 140 valence electrons. The van der Waals surface area contributed by atoms with Gasteiger partial charge < -0.3 is 30.1 Å². The quantitative estimate of drug-likeness (QED) is 0.605. The van der Waals surface area contributed by atoms with Gasteiger partial charge in [-0.25, -0.2) is 4.98 Å². The minimum absolute atomic E-state index is 0.0850. The van der Waals surface area contributed by atoms with Crippen LogP contribution in [-0.4, -0.2) is 61.6 Å². The first-order chi connectivity index (χ1) is 12.8. The van der Waals surface area contributed by atoms with Crippen molar-refractivity contribution in [2.75, 3.05) is 56.8 Å². The Kier molecular flexibility index (Phi) is 6.59. The van der Waals surface area contributed by atoms with E-state index in [4.69, 9.17) is 14.6 Å². The van der Waals surface area contributed by atoms with Crippen molar-refractivity contribution in [3.8, 4) is 5.88 Å². The molecule has 0 saturated carbocycles. The number of morpholine rings is 1. The lowest BCUT2D eigenvalue weighted by molar-refractivity contribution is 0.122. The van der Waals surface area contributed by atoms with Gasteiger partial charge in [0, 0.05) is 43.6 Å². The number of methoxy groups -OCH3 is 1. The molecule has 0 unspecified atom stereocenters. The van der Waals surface area contributed by atoms with Crippen molar-refractivity contribution < 1.29 is 14.6 Å². The van der Waals surface area contributed by atoms with Gasteiger partial charge >= 0.3 is 0 Å². The number of rotatable bonds is 8. The Hall–Kier alpha value is -2.42. The van der Waals surface area contributed by atoms with Crippen LogP contribution in [0.1, 0.15) is 5.69 Å². The summed E-state index contributed by atoms with van der Waals surface area (Å²) in [6.07, 6.45) is 0. The van der Waals surface area contributed by atoms with E-state index >= 15 is 0 Å². The van der Waals surface area contributed by atoms with Crippen LogP contribution in [0.5, 0.6) is 5.88 Å². The molecule has 0 atom stereocenters. The zero-order chi connectivity index (χ0) is 18.2. The third kappa shape index (κ3) is 5.04. The molecule has 8 nitrogen and oxygen atoms in total. The fourth-order valence-corrected chi connectivity index (χ4v) is 2.75. The molecule has 1 aliphatic rings. The molecule has 0 amide bonds. The normalized spacial score (nSPS) is 14.3. The summed E-state index contributed by atoms with van der Waals surface area (Å²) in [5.74, 6) is 0.969. The highest BCUT2D eigenvalue weighted by Crippen LogP contribution is 2.23. The number of hydrogen-bond acceptors (Lipinski definition) is 8. The summed E-state index contributed by atoms with van der Waals surface area (Å²) in [6.45, 7) is 4.40. The van der Waals surface area contributed by atoms with Crippen molar-refractivity contribution in [1.29, 1.82) is 0 Å². The highest BCUT2D eigenvalue weighted by Gasteiger charge is 2.12. The molecule has 1 aliphatic heterocycles. The number of nitrogens with zero attached hydrogens (tertiary/aromatic N) is 3. The highest BCUT2D eigenvalue weighted by molar-refractivity contribution is 5.62. The first kappa shape index (κ1) is 18.4. The SMILES string of the molecule is COc1cc(CNCCO)nc(Nc2cccc(N3CCOCC3)c2)n1. The van der Waals surface area contributed by atoms with Gasteiger partial charge in [-0.2, -0.15) is 4.98 Å². The summed E-state index contributed by atoms with van der Waals surface area (Å²) in [7, 11) is 1.58. The third-order valence-corrected chi connectivity index (χ3v) is 4.04. The number of anilines is 3. The molecule has 3 N–H and O–H groups in total. The van der Waals surface area contributed by atoms with Crippen LogP contribution < -0.4 is 20.3 Å². The van der Waals surface area contributed by atoms with E-state index in [-0.39, 0.29) is 6.61 Å². The second-order valence-corrected chi connectivity index (χ2v) is 5.90. The van der Waals surface area contributed by atoms with Crippen LogP contribution in [-0.2, 0) is 11.3 Å². The van der Waals surface area contributed by atoms with Crippen LogP contribution in [0, 0.1) is 0 Å². The predicted molar refractivity (Wildman–Crippen MR) is 100 cm³/mol. The number of aliphatic hydroxyl groups excluding tert-OH is 1. The average molecular weight is 359 g/mol. The maximum Gasteiger partial charge on any atom is 0.230 e. The maximum atomic E-state index is 8.88. The molecule has 8 heteroatoms. The molecular weight excluding hydrogens is 334 g/mol. The zero-order valence-corrected chi connectivity index (χ0v) is 14.9. The maximum absolute atomic E-state index is 8.88. The molecule has 2 heterocycles. The number of hydrogen-bond donors (Lipinski definition) is 3. The van der Waals surface area contributed by atoms with Gasteiger partial charge in [-0.1, -0.05) is 6.07 Å². The summed E-state index contributed by atoms with van der Waals surface area (Å²) in [4.78, 5) is 11.2. The lowest BCUT2D eigenvalue weighted by atomic mass is 10.2. The Balaban J connectivity index is 1.74. The molecule has 26 heavy (non-hydrogen) atoms. The van der Waals surface area contributed by atoms with Crippen molar-refractivity contribution in [2.45, 2.75) is 6.54 Å². The molecule has 0 aliphatic carbocycles. The van der Waals surface area contributed by atoms with Gasteiger partial charge in [0.15, 0.2) is 0 Å². The molecule has 0 bridgehead atoms. The van der Waals surface area contributed by atoms with Crippen molar-refractivity contribution >= 4 is 17.3 Å². The van der Waals surface area contributed by atoms with E-state index in [0.717, 1.165) is 43.4 Å². The van der Waals surface area contributed by atoms with E-state index in [9.17, 15) is 0 Å². The fourth-order valence-electron chi connectivity index (χ4n) is 2.75. The summed E-state index contributed by atoms with van der Waals surface area (Å²) in [5, 5.41) is 15.2. The number of ether oxygens (including phenoxy) is 2. The van der Waals surface area contributed by atoms with Crippen molar-refractivity contribution in [1.82, 2.24) is 15.3 Å². The van der Waals surface area contributed by atoms with Gasteiger partial charge in [0.1, 0.15) is 0 Å². The number of benzene rings is 1. The highest BCUT2D eigenvalue weighted by atomic mass is 16.5. The van der Waals surface area contributed by atoms with E-state index in [2.05, 4.69) is 37.6 Å². The standard InChI is InChI=1S/C18H25N5O3/c1-25-17-12-15(13-19-5-8-24)21-18(22-17)20-14-3-2-4-16(11-14)23-6-9-26-10-7-23/h2-4,11-12,19,24H,5-10,13H2,1H3,(H,20,21,22). The van der Waals surface area contributed by atoms with Crippen LogP contribution in [0.3, 0.4) is 0 Å². The Labute approximate surface area is 153 Å². The Morgan fingerprint density at radius 1 is 1.23 bits per heavy atom. The van der Waals surface area contributed by atoms with E-state index in [1.54, 1.807) is 13.2 Å². The van der Waals surface area contributed by atoms with Gasteiger partial charge in [0.2, 0.25) is 11.8 Å². The van der Waals surface area contributed by atoms with Crippen molar-refractivity contribution in [3.05, 3.63) is 36.0 Å². The van der Waals surface area contributed by atoms with Gasteiger partial charge in [0.05, 0.1) is 32.6 Å². The van der Waals surface area contributed by atoms with Crippen LogP contribution >= 0.6 is 0 Å². The van der Waals surface area contributed by atoms with Crippen LogP contribution in [0.4, 0.5) is 17.3 Å². The fraction of sp³-hybridized carbons (Fsp3) is 0.444. The van der Waals surface area contributed by atoms with E-state index in [1.807, 2.05) is 12.1 Å². The third-order valence-electron chi connectivity index (χ3n) is 4.04. The van der Waals surface area contributed by atoms with Gasteiger partial charge in [-0.15, -0.1) is 0 Å². The average Bonchev–Trinajstić information content (AvgIpc) is 2.69. The first-order valence-corrected chi connectivity index (χ1v) is 8.72. The van der Waals surface area contributed by atoms with E-state index < -0.39 is 0 Å². The van der Waals surface area contributed by atoms with Gasteiger partial charge in [0.25, 0.3) is 0 Å². The molecule has 1 aromatic carbocycles.